The summed E-state index contributed by atoms with van der Waals surface area (Å²) in [5, 5.41) is 0. The highest BCUT2D eigenvalue weighted by atomic mass is 19.1. The SMILES string of the molecule is CN(C)CC#Cc1ccc(OCc2ccc(F)cc2)cc1. The molecule has 2 aromatic rings. The van der Waals surface area contributed by atoms with Crippen LogP contribution in [0.4, 0.5) is 4.39 Å². The third kappa shape index (κ3) is 5.29. The van der Waals surface area contributed by atoms with E-state index in [9.17, 15) is 4.39 Å². The second-order valence-electron chi connectivity index (χ2n) is 4.98. The smallest absolute Gasteiger partial charge is 0.123 e. The largest absolute Gasteiger partial charge is 0.489 e. The van der Waals surface area contributed by atoms with Crippen LogP contribution in [0.2, 0.25) is 0 Å². The van der Waals surface area contributed by atoms with Gasteiger partial charge in [0.25, 0.3) is 0 Å². The number of benzene rings is 2. The molecule has 0 fully saturated rings. The predicted octanol–water partition coefficient (Wildman–Crippen LogP) is 3.32. The molecule has 2 aromatic carbocycles. The molecular formula is C18H18FNO. The van der Waals surface area contributed by atoms with E-state index < -0.39 is 0 Å². The number of nitrogens with zero attached hydrogens (tertiary/aromatic N) is 1. The lowest BCUT2D eigenvalue weighted by Crippen LogP contribution is -2.10. The van der Waals surface area contributed by atoms with E-state index in [1.807, 2.05) is 43.3 Å². The summed E-state index contributed by atoms with van der Waals surface area (Å²) in [4.78, 5) is 2.02. The fourth-order valence-corrected chi connectivity index (χ4v) is 1.68. The van der Waals surface area contributed by atoms with Crippen LogP contribution in [0.3, 0.4) is 0 Å². The number of ether oxygens (including phenoxy) is 1. The molecule has 0 heterocycles. The van der Waals surface area contributed by atoms with Crippen molar-refractivity contribution in [2.45, 2.75) is 6.61 Å². The van der Waals surface area contributed by atoms with Gasteiger partial charge in [0.15, 0.2) is 0 Å². The Morgan fingerprint density at radius 1 is 1.00 bits per heavy atom. The van der Waals surface area contributed by atoms with E-state index in [4.69, 9.17) is 4.74 Å². The van der Waals surface area contributed by atoms with Crippen LogP contribution in [-0.4, -0.2) is 25.5 Å². The number of halogens is 1. The first-order valence-corrected chi connectivity index (χ1v) is 6.74. The summed E-state index contributed by atoms with van der Waals surface area (Å²) in [6.07, 6.45) is 0. The van der Waals surface area contributed by atoms with Gasteiger partial charge in [-0.2, -0.15) is 0 Å². The zero-order valence-corrected chi connectivity index (χ0v) is 12.3. The van der Waals surface area contributed by atoms with E-state index in [1.54, 1.807) is 12.1 Å². The molecule has 108 valence electrons. The van der Waals surface area contributed by atoms with E-state index in [2.05, 4.69) is 11.8 Å². The second-order valence-corrected chi connectivity index (χ2v) is 4.98. The molecule has 2 rings (SSSR count). The summed E-state index contributed by atoms with van der Waals surface area (Å²) in [5.74, 6) is 6.72. The molecule has 0 N–H and O–H groups in total. The number of rotatable bonds is 4. The van der Waals surface area contributed by atoms with Gasteiger partial charge in [0.2, 0.25) is 0 Å². The molecule has 0 unspecified atom stereocenters. The Morgan fingerprint density at radius 2 is 1.67 bits per heavy atom. The first kappa shape index (κ1) is 15.1. The molecule has 0 spiro atoms. The van der Waals surface area contributed by atoms with Crippen LogP contribution in [0.15, 0.2) is 48.5 Å². The number of hydrogen-bond donors (Lipinski definition) is 0. The minimum absolute atomic E-state index is 0.237. The Balaban J connectivity index is 1.89. The molecule has 0 saturated carbocycles. The van der Waals surface area contributed by atoms with Gasteiger partial charge in [0, 0.05) is 5.56 Å². The summed E-state index contributed by atoms with van der Waals surface area (Å²) in [6.45, 7) is 1.16. The number of hydrogen-bond acceptors (Lipinski definition) is 2. The molecule has 3 heteroatoms. The van der Waals surface area contributed by atoms with Crippen LogP contribution >= 0.6 is 0 Å². The van der Waals surface area contributed by atoms with Crippen molar-refractivity contribution >= 4 is 0 Å². The maximum absolute atomic E-state index is 12.8. The van der Waals surface area contributed by atoms with Crippen LogP contribution in [0.25, 0.3) is 0 Å². The standard InChI is InChI=1S/C18H18FNO/c1-20(2)13-3-4-15-7-11-18(12-8-15)21-14-16-5-9-17(19)10-6-16/h5-12H,13-14H2,1-2H3. The highest BCUT2D eigenvalue weighted by Crippen LogP contribution is 2.14. The summed E-state index contributed by atoms with van der Waals surface area (Å²) >= 11 is 0. The van der Waals surface area contributed by atoms with Crippen molar-refractivity contribution in [2.75, 3.05) is 20.6 Å². The molecule has 0 aliphatic rings. The Bertz CT molecular complexity index is 621. The van der Waals surface area contributed by atoms with E-state index in [1.165, 1.54) is 12.1 Å². The minimum Gasteiger partial charge on any atom is -0.489 e. The molecule has 0 aliphatic carbocycles. The van der Waals surface area contributed by atoms with E-state index >= 15 is 0 Å². The van der Waals surface area contributed by atoms with Crippen LogP contribution in [0.5, 0.6) is 5.75 Å². The fraction of sp³-hybridized carbons (Fsp3) is 0.222. The lowest BCUT2D eigenvalue weighted by molar-refractivity contribution is 0.306. The second kappa shape index (κ2) is 7.47. The summed E-state index contributed by atoms with van der Waals surface area (Å²) < 4.78 is 18.4. The molecule has 0 bridgehead atoms. The fourth-order valence-electron chi connectivity index (χ4n) is 1.68. The third-order valence-electron chi connectivity index (χ3n) is 2.80. The molecule has 0 aromatic heterocycles. The summed E-state index contributed by atoms with van der Waals surface area (Å²) in [6, 6.07) is 14.0. The van der Waals surface area contributed by atoms with Crippen molar-refractivity contribution in [3.63, 3.8) is 0 Å². The van der Waals surface area contributed by atoms with E-state index in [0.717, 1.165) is 23.4 Å². The molecule has 0 amide bonds. The Morgan fingerprint density at radius 3 is 2.29 bits per heavy atom. The normalized spacial score (nSPS) is 10.1. The summed E-state index contributed by atoms with van der Waals surface area (Å²) in [5.41, 5.74) is 1.90. The Kier molecular flexibility index (Phi) is 5.36. The average molecular weight is 283 g/mol. The Labute approximate surface area is 125 Å². The first-order chi connectivity index (χ1) is 10.1. The Hall–Kier alpha value is -2.31. The molecule has 0 saturated heterocycles. The maximum Gasteiger partial charge on any atom is 0.123 e. The molecule has 0 aliphatic heterocycles. The van der Waals surface area contributed by atoms with Gasteiger partial charge >= 0.3 is 0 Å². The molecule has 2 nitrogen and oxygen atoms in total. The van der Waals surface area contributed by atoms with Gasteiger partial charge in [-0.05, 0) is 56.1 Å². The van der Waals surface area contributed by atoms with Gasteiger partial charge in [-0.3, -0.25) is 4.90 Å². The van der Waals surface area contributed by atoms with Crippen LogP contribution < -0.4 is 4.74 Å². The van der Waals surface area contributed by atoms with Crippen LogP contribution in [0.1, 0.15) is 11.1 Å². The average Bonchev–Trinajstić information content (AvgIpc) is 2.48. The van der Waals surface area contributed by atoms with Gasteiger partial charge in [0.05, 0.1) is 6.54 Å². The monoisotopic (exact) mass is 283 g/mol. The topological polar surface area (TPSA) is 12.5 Å². The molecule has 0 radical (unpaired) electrons. The lowest BCUT2D eigenvalue weighted by Gasteiger charge is -2.06. The van der Waals surface area contributed by atoms with Gasteiger partial charge in [-0.1, -0.05) is 24.0 Å². The van der Waals surface area contributed by atoms with E-state index in [0.29, 0.717) is 6.61 Å². The van der Waals surface area contributed by atoms with Gasteiger partial charge < -0.3 is 4.74 Å². The predicted molar refractivity (Wildman–Crippen MR) is 82.6 cm³/mol. The van der Waals surface area contributed by atoms with Crippen molar-refractivity contribution in [2.24, 2.45) is 0 Å². The van der Waals surface area contributed by atoms with Gasteiger partial charge in [0.1, 0.15) is 18.2 Å². The van der Waals surface area contributed by atoms with Gasteiger partial charge in [-0.25, -0.2) is 4.39 Å². The maximum atomic E-state index is 12.8. The highest BCUT2D eigenvalue weighted by molar-refractivity contribution is 5.38. The lowest BCUT2D eigenvalue weighted by atomic mass is 10.2. The minimum atomic E-state index is -0.237. The highest BCUT2D eigenvalue weighted by Gasteiger charge is 1.97. The van der Waals surface area contributed by atoms with Crippen molar-refractivity contribution in [1.82, 2.24) is 4.90 Å². The van der Waals surface area contributed by atoms with Crippen LogP contribution in [0, 0.1) is 17.7 Å². The van der Waals surface area contributed by atoms with E-state index in [-0.39, 0.29) is 5.82 Å². The first-order valence-electron chi connectivity index (χ1n) is 6.74. The zero-order valence-electron chi connectivity index (χ0n) is 12.3. The van der Waals surface area contributed by atoms with Crippen molar-refractivity contribution in [1.29, 1.82) is 0 Å². The third-order valence-corrected chi connectivity index (χ3v) is 2.80. The summed E-state index contributed by atoms with van der Waals surface area (Å²) in [7, 11) is 3.97. The van der Waals surface area contributed by atoms with Crippen LogP contribution in [-0.2, 0) is 6.61 Å². The molecular weight excluding hydrogens is 265 g/mol. The molecule has 21 heavy (non-hydrogen) atoms. The van der Waals surface area contributed by atoms with Crippen molar-refractivity contribution in [3.05, 3.63) is 65.5 Å². The van der Waals surface area contributed by atoms with Gasteiger partial charge in [-0.15, -0.1) is 0 Å². The quantitative estimate of drug-likeness (QED) is 0.798. The molecule has 0 atom stereocenters. The van der Waals surface area contributed by atoms with Crippen molar-refractivity contribution in [3.8, 4) is 17.6 Å². The zero-order chi connectivity index (χ0) is 15.1. The van der Waals surface area contributed by atoms with Crippen molar-refractivity contribution < 1.29 is 9.13 Å².